The third-order valence-electron chi connectivity index (χ3n) is 7.19. The van der Waals surface area contributed by atoms with Crippen molar-refractivity contribution in [3.8, 4) is 11.5 Å². The average Bonchev–Trinajstić information content (AvgIpc) is 2.98. The van der Waals surface area contributed by atoms with Crippen LogP contribution in [-0.2, 0) is 9.59 Å². The van der Waals surface area contributed by atoms with Gasteiger partial charge in [-0.1, -0.05) is 47.5 Å². The third-order valence-corrected chi connectivity index (χ3v) is 7.70. The molecule has 1 heterocycles. The predicted molar refractivity (Wildman–Crippen MR) is 166 cm³/mol. The maximum absolute atomic E-state index is 11.6. The van der Waals surface area contributed by atoms with Crippen molar-refractivity contribution in [3.63, 3.8) is 0 Å². The highest BCUT2D eigenvalue weighted by molar-refractivity contribution is 6.30. The van der Waals surface area contributed by atoms with Gasteiger partial charge in [-0.3, -0.25) is 4.79 Å². The molecule has 0 unspecified atom stereocenters. The molecule has 4 rings (SSSR count). The summed E-state index contributed by atoms with van der Waals surface area (Å²) in [6.07, 6.45) is 3.20. The van der Waals surface area contributed by atoms with Crippen LogP contribution in [0.25, 0.3) is 0 Å². The molecule has 11 heteroatoms. The molecule has 0 bridgehead atoms. The molecule has 0 aliphatic carbocycles. The highest BCUT2D eigenvalue weighted by Crippen LogP contribution is 2.39. The molecule has 1 aliphatic rings. The summed E-state index contributed by atoms with van der Waals surface area (Å²) in [5.41, 5.74) is 3.23. The van der Waals surface area contributed by atoms with Gasteiger partial charge in [0.15, 0.2) is 17.3 Å². The van der Waals surface area contributed by atoms with Gasteiger partial charge in [0.05, 0.1) is 13.7 Å². The first kappa shape index (κ1) is 35.6. The highest BCUT2D eigenvalue weighted by atomic mass is 35.5. The zero-order valence-corrected chi connectivity index (χ0v) is 25.6. The number of ether oxygens (including phenoxy) is 2. The number of ketones is 1. The first-order valence-corrected chi connectivity index (χ1v) is 14.4. The molecule has 4 N–H and O–H groups in total. The van der Waals surface area contributed by atoms with E-state index in [0.29, 0.717) is 35.5 Å². The number of halogens is 2. The van der Waals surface area contributed by atoms with E-state index >= 15 is 0 Å². The van der Waals surface area contributed by atoms with Crippen LogP contribution >= 0.6 is 23.2 Å². The van der Waals surface area contributed by atoms with Crippen LogP contribution in [0.5, 0.6) is 11.5 Å². The van der Waals surface area contributed by atoms with Crippen LogP contribution in [0.3, 0.4) is 0 Å². The molecule has 3 aromatic carbocycles. The predicted octanol–water partition coefficient (Wildman–Crippen LogP) is 5.85. The number of likely N-dealkylation sites (tertiary alicyclic amines) is 1. The van der Waals surface area contributed by atoms with Crippen molar-refractivity contribution < 1.29 is 39.5 Å². The molecular formula is C32H37Cl2NO8. The van der Waals surface area contributed by atoms with Gasteiger partial charge in [0, 0.05) is 28.1 Å². The number of piperidine rings is 1. The Morgan fingerprint density at radius 2 is 1.37 bits per heavy atom. The highest BCUT2D eigenvalue weighted by Gasteiger charge is 2.29. The maximum Gasteiger partial charge on any atom is 0.414 e. The molecule has 0 aromatic heterocycles. The van der Waals surface area contributed by atoms with Gasteiger partial charge in [0.25, 0.3) is 0 Å². The summed E-state index contributed by atoms with van der Waals surface area (Å²) >= 11 is 12.3. The second-order valence-corrected chi connectivity index (χ2v) is 10.9. The molecule has 0 saturated carbocycles. The molecule has 0 spiro atoms. The standard InChI is InChI=1S/C30H33Cl2NO3.C2H2O4.H2O/c1-21(34)25-8-13-28(29(20-25)35-2)36-19-3-16-33-17-14-24(15-18-33)30(22-4-9-26(31)10-5-22)23-6-11-27(32)12-7-23;3-1(4)2(5)6;/h4-13,20,24,30H,3,14-19H2,1-2H3;(H,3,4)(H,5,6);1H2. The molecule has 9 nitrogen and oxygen atoms in total. The van der Waals surface area contributed by atoms with Crippen LogP contribution < -0.4 is 9.47 Å². The third kappa shape index (κ3) is 10.9. The fraction of sp³-hybridized carbons (Fsp3) is 0.344. The molecule has 0 amide bonds. The normalized spacial score (nSPS) is 13.3. The summed E-state index contributed by atoms with van der Waals surface area (Å²) in [5.74, 6) is -1.48. The minimum Gasteiger partial charge on any atom is -0.493 e. The lowest BCUT2D eigenvalue weighted by atomic mass is 9.76. The topological polar surface area (TPSA) is 145 Å². The van der Waals surface area contributed by atoms with Crippen LogP contribution in [0, 0.1) is 5.92 Å². The summed E-state index contributed by atoms with van der Waals surface area (Å²) in [6.45, 7) is 5.28. The van der Waals surface area contributed by atoms with E-state index in [9.17, 15) is 4.79 Å². The van der Waals surface area contributed by atoms with Crippen molar-refractivity contribution in [2.75, 3.05) is 33.4 Å². The van der Waals surface area contributed by atoms with Crippen molar-refractivity contribution in [2.24, 2.45) is 5.92 Å². The quantitative estimate of drug-likeness (QED) is 0.161. The van der Waals surface area contributed by atoms with Gasteiger partial charge in [0.2, 0.25) is 0 Å². The van der Waals surface area contributed by atoms with E-state index in [-0.39, 0.29) is 11.3 Å². The van der Waals surface area contributed by atoms with Gasteiger partial charge < -0.3 is 30.1 Å². The molecule has 0 atom stereocenters. The summed E-state index contributed by atoms with van der Waals surface area (Å²) < 4.78 is 11.4. The van der Waals surface area contributed by atoms with Crippen LogP contribution in [-0.4, -0.2) is 71.7 Å². The fourth-order valence-electron chi connectivity index (χ4n) is 5.06. The number of aliphatic carboxylic acids is 2. The Balaban J connectivity index is 0.000000837. The van der Waals surface area contributed by atoms with Crippen LogP contribution in [0.2, 0.25) is 10.0 Å². The largest absolute Gasteiger partial charge is 0.493 e. The lowest BCUT2D eigenvalue weighted by molar-refractivity contribution is -0.159. The Morgan fingerprint density at radius 1 is 0.860 bits per heavy atom. The number of Topliss-reactive ketones (excluding diaryl/α,β-unsaturated/α-hetero) is 1. The number of methoxy groups -OCH3 is 1. The monoisotopic (exact) mass is 633 g/mol. The zero-order chi connectivity index (χ0) is 30.6. The van der Waals surface area contributed by atoms with Gasteiger partial charge in [-0.2, -0.15) is 0 Å². The smallest absolute Gasteiger partial charge is 0.414 e. The molecule has 1 aliphatic heterocycles. The number of hydrogen-bond acceptors (Lipinski definition) is 6. The Kier molecular flexibility index (Phi) is 14.5. The van der Waals surface area contributed by atoms with Gasteiger partial charge >= 0.3 is 11.9 Å². The molecule has 43 heavy (non-hydrogen) atoms. The molecular weight excluding hydrogens is 597 g/mol. The Labute approximate surface area is 261 Å². The SMILES string of the molecule is COc1cc(C(C)=O)ccc1OCCCN1CCC(C(c2ccc(Cl)cc2)c2ccc(Cl)cc2)CC1.O.O=C(O)C(=O)O. The number of nitrogens with zero attached hydrogens (tertiary/aromatic N) is 1. The lowest BCUT2D eigenvalue weighted by Crippen LogP contribution is -2.36. The fourth-order valence-corrected chi connectivity index (χ4v) is 5.31. The Morgan fingerprint density at radius 3 is 1.81 bits per heavy atom. The summed E-state index contributed by atoms with van der Waals surface area (Å²) in [4.78, 5) is 32.3. The zero-order valence-electron chi connectivity index (χ0n) is 24.1. The van der Waals surface area contributed by atoms with E-state index in [1.54, 1.807) is 26.2 Å². The van der Waals surface area contributed by atoms with E-state index in [1.807, 2.05) is 30.3 Å². The number of carbonyl (C=O) groups excluding carboxylic acids is 1. The summed E-state index contributed by atoms with van der Waals surface area (Å²) in [7, 11) is 1.59. The van der Waals surface area contributed by atoms with Crippen molar-refractivity contribution in [1.29, 1.82) is 0 Å². The van der Waals surface area contributed by atoms with Crippen LogP contribution in [0.1, 0.15) is 53.6 Å². The number of carboxylic acids is 2. The second kappa shape index (κ2) is 17.5. The van der Waals surface area contributed by atoms with Crippen molar-refractivity contribution in [3.05, 3.63) is 93.5 Å². The number of hydrogen-bond donors (Lipinski definition) is 2. The summed E-state index contributed by atoms with van der Waals surface area (Å²) in [5, 5.41) is 16.3. The Hall–Kier alpha value is -3.63. The van der Waals surface area contributed by atoms with Gasteiger partial charge in [-0.05, 0) is 98.8 Å². The van der Waals surface area contributed by atoms with E-state index in [2.05, 4.69) is 29.2 Å². The first-order valence-electron chi connectivity index (χ1n) is 13.6. The molecule has 0 radical (unpaired) electrons. The number of carbonyl (C=O) groups is 3. The van der Waals surface area contributed by atoms with E-state index in [1.165, 1.54) is 11.1 Å². The molecule has 3 aromatic rings. The van der Waals surface area contributed by atoms with Gasteiger partial charge in [-0.25, -0.2) is 9.59 Å². The summed E-state index contributed by atoms with van der Waals surface area (Å²) in [6, 6.07) is 21.9. The first-order chi connectivity index (χ1) is 20.1. The minimum absolute atomic E-state index is 0. The molecule has 1 saturated heterocycles. The van der Waals surface area contributed by atoms with Crippen molar-refractivity contribution in [2.45, 2.75) is 32.1 Å². The van der Waals surface area contributed by atoms with Gasteiger partial charge in [0.1, 0.15) is 0 Å². The minimum atomic E-state index is -1.82. The van der Waals surface area contributed by atoms with E-state index in [0.717, 1.165) is 48.9 Å². The number of benzene rings is 3. The molecule has 232 valence electrons. The second-order valence-electron chi connectivity index (χ2n) is 9.99. The number of rotatable bonds is 10. The number of carboxylic acid groups (broad SMARTS) is 2. The maximum atomic E-state index is 11.6. The lowest BCUT2D eigenvalue weighted by Gasteiger charge is -2.36. The van der Waals surface area contributed by atoms with Gasteiger partial charge in [-0.15, -0.1) is 0 Å². The Bertz CT molecular complexity index is 1280. The average molecular weight is 635 g/mol. The van der Waals surface area contributed by atoms with Crippen LogP contribution in [0.15, 0.2) is 66.7 Å². The molecule has 1 fully saturated rings. The van der Waals surface area contributed by atoms with Crippen molar-refractivity contribution in [1.82, 2.24) is 4.90 Å². The van der Waals surface area contributed by atoms with E-state index in [4.69, 9.17) is 52.5 Å². The van der Waals surface area contributed by atoms with E-state index < -0.39 is 11.9 Å². The van der Waals surface area contributed by atoms with Crippen LogP contribution in [0.4, 0.5) is 0 Å². The van der Waals surface area contributed by atoms with Crippen molar-refractivity contribution >= 4 is 40.9 Å².